The van der Waals surface area contributed by atoms with Crippen LogP contribution < -0.4 is 14.4 Å². The van der Waals surface area contributed by atoms with Crippen molar-refractivity contribution in [3.05, 3.63) is 89.0 Å². The number of fused-ring (bicyclic) bond motifs is 2. The predicted molar refractivity (Wildman–Crippen MR) is 133 cm³/mol. The average molecular weight is 530 g/mol. The molecule has 1 amide bonds. The zero-order valence-corrected chi connectivity index (χ0v) is 20.8. The molecule has 1 N–H and O–H groups in total. The SMILES string of the molecule is COc1ccc(O[C@@H]2CCc3cc4c(cc3N(C(=O)[C@@H](C)c3ccccc3)C2)C(F)C4(O)C(F)(F)F)cc1. The molecule has 0 saturated heterocycles. The van der Waals surface area contributed by atoms with E-state index in [0.29, 0.717) is 29.2 Å². The van der Waals surface area contributed by atoms with Gasteiger partial charge in [-0.25, -0.2) is 4.39 Å². The number of halogens is 4. The van der Waals surface area contributed by atoms with Gasteiger partial charge in [-0.3, -0.25) is 4.79 Å². The molecule has 200 valence electrons. The molecule has 4 atom stereocenters. The Kier molecular flexibility index (Phi) is 6.59. The van der Waals surface area contributed by atoms with Gasteiger partial charge in [0, 0.05) is 11.3 Å². The second-order valence-corrected chi connectivity index (χ2v) is 9.73. The van der Waals surface area contributed by atoms with Crippen molar-refractivity contribution in [3.63, 3.8) is 0 Å². The standard InChI is InChI=1S/C29H27F4NO4/c1-17(18-6-4-3-5-7-18)27(35)34-16-22(38-21-12-10-20(37-2)11-13-21)9-8-19-14-24-23(15-25(19)34)26(30)28(24,36)29(31,32)33/h3-7,10-15,17,22,26,36H,8-9,16H2,1-2H3/t17-,22+,26?,28?/m0/s1. The fourth-order valence-corrected chi connectivity index (χ4v) is 5.20. The van der Waals surface area contributed by atoms with Crippen LogP contribution in [0.15, 0.2) is 66.7 Å². The molecule has 3 aromatic rings. The van der Waals surface area contributed by atoms with Gasteiger partial charge in [-0.15, -0.1) is 0 Å². The second-order valence-electron chi connectivity index (χ2n) is 9.73. The van der Waals surface area contributed by atoms with E-state index >= 15 is 0 Å². The van der Waals surface area contributed by atoms with Crippen LogP contribution in [0.5, 0.6) is 11.5 Å². The van der Waals surface area contributed by atoms with Crippen LogP contribution in [0.2, 0.25) is 0 Å². The summed E-state index contributed by atoms with van der Waals surface area (Å²) in [5, 5.41) is 10.2. The van der Waals surface area contributed by atoms with Gasteiger partial charge in [0.25, 0.3) is 0 Å². The number of ether oxygens (including phenoxy) is 2. The van der Waals surface area contributed by atoms with E-state index < -0.39 is 35.5 Å². The van der Waals surface area contributed by atoms with Crippen LogP contribution in [0.4, 0.5) is 23.2 Å². The van der Waals surface area contributed by atoms with E-state index in [0.717, 1.165) is 5.56 Å². The molecule has 9 heteroatoms. The Labute approximate surface area is 217 Å². The first-order chi connectivity index (χ1) is 18.0. The maximum atomic E-state index is 14.8. The minimum absolute atomic E-state index is 0.119. The van der Waals surface area contributed by atoms with Crippen molar-refractivity contribution in [2.45, 2.75) is 49.7 Å². The van der Waals surface area contributed by atoms with Crippen molar-refractivity contribution in [1.29, 1.82) is 0 Å². The molecule has 0 spiro atoms. The van der Waals surface area contributed by atoms with Crippen molar-refractivity contribution < 1.29 is 36.9 Å². The zero-order chi connectivity index (χ0) is 27.2. The Hall–Kier alpha value is -3.59. The van der Waals surface area contributed by atoms with E-state index in [4.69, 9.17) is 9.47 Å². The first kappa shape index (κ1) is 26.0. The van der Waals surface area contributed by atoms with E-state index in [2.05, 4.69) is 0 Å². The topological polar surface area (TPSA) is 59.0 Å². The van der Waals surface area contributed by atoms with Crippen LogP contribution in [0, 0.1) is 0 Å². The van der Waals surface area contributed by atoms with Crippen LogP contribution in [0.1, 0.15) is 47.7 Å². The van der Waals surface area contributed by atoms with Gasteiger partial charge < -0.3 is 19.5 Å². The molecule has 1 aliphatic carbocycles. The maximum Gasteiger partial charge on any atom is 0.424 e. The number of anilines is 1. The number of aryl methyl sites for hydroxylation is 1. The number of rotatable bonds is 5. The summed E-state index contributed by atoms with van der Waals surface area (Å²) in [5.74, 6) is 0.341. The summed E-state index contributed by atoms with van der Waals surface area (Å²) < 4.78 is 66.9. The summed E-state index contributed by atoms with van der Waals surface area (Å²) in [4.78, 5) is 15.3. The Balaban J connectivity index is 1.52. The number of hydrogen-bond acceptors (Lipinski definition) is 4. The third-order valence-corrected chi connectivity index (χ3v) is 7.44. The van der Waals surface area contributed by atoms with Gasteiger partial charge in [-0.05, 0) is 72.9 Å². The highest BCUT2D eigenvalue weighted by atomic mass is 19.4. The molecule has 5 nitrogen and oxygen atoms in total. The normalized spacial score (nSPS) is 23.4. The lowest BCUT2D eigenvalue weighted by molar-refractivity contribution is -0.302. The minimum Gasteiger partial charge on any atom is -0.497 e. The highest BCUT2D eigenvalue weighted by Gasteiger charge is 2.68. The molecule has 2 unspecified atom stereocenters. The van der Waals surface area contributed by atoms with Gasteiger partial charge in [0.15, 0.2) is 6.17 Å². The second kappa shape index (κ2) is 9.62. The molecule has 5 rings (SSSR count). The van der Waals surface area contributed by atoms with Crippen molar-refractivity contribution in [2.75, 3.05) is 18.6 Å². The van der Waals surface area contributed by atoms with E-state index in [1.165, 1.54) is 17.0 Å². The monoisotopic (exact) mass is 529 g/mol. The molecule has 1 aliphatic heterocycles. The summed E-state index contributed by atoms with van der Waals surface area (Å²) in [5.41, 5.74) is -2.79. The molecule has 1 heterocycles. The zero-order valence-electron chi connectivity index (χ0n) is 20.8. The number of methoxy groups -OCH3 is 1. The third kappa shape index (κ3) is 4.28. The molecule has 0 saturated carbocycles. The average Bonchev–Trinajstić information content (AvgIpc) is 3.10. The number of carbonyl (C=O) groups excluding carboxylic acids is 1. The Bertz CT molecular complexity index is 1330. The fourth-order valence-electron chi connectivity index (χ4n) is 5.20. The van der Waals surface area contributed by atoms with Gasteiger partial charge in [-0.2, -0.15) is 13.2 Å². The number of nitrogens with zero attached hydrogens (tertiary/aromatic N) is 1. The first-order valence-electron chi connectivity index (χ1n) is 12.3. The number of alkyl halides is 4. The Morgan fingerprint density at radius 1 is 1.08 bits per heavy atom. The first-order valence-corrected chi connectivity index (χ1v) is 12.3. The highest BCUT2D eigenvalue weighted by Crippen LogP contribution is 2.60. The Morgan fingerprint density at radius 3 is 2.37 bits per heavy atom. The van der Waals surface area contributed by atoms with Gasteiger partial charge in [0.1, 0.15) is 17.6 Å². The van der Waals surface area contributed by atoms with Crippen LogP contribution in [-0.2, 0) is 16.8 Å². The summed E-state index contributed by atoms with van der Waals surface area (Å²) >= 11 is 0. The van der Waals surface area contributed by atoms with Gasteiger partial charge in [0.05, 0.1) is 19.6 Å². The number of benzene rings is 3. The third-order valence-electron chi connectivity index (χ3n) is 7.44. The van der Waals surface area contributed by atoms with E-state index in [9.17, 15) is 27.5 Å². The van der Waals surface area contributed by atoms with E-state index in [1.807, 2.05) is 30.3 Å². The molecule has 0 bridgehead atoms. The van der Waals surface area contributed by atoms with Crippen LogP contribution in [0.25, 0.3) is 0 Å². The smallest absolute Gasteiger partial charge is 0.424 e. The van der Waals surface area contributed by atoms with Gasteiger partial charge >= 0.3 is 6.18 Å². The van der Waals surface area contributed by atoms with E-state index in [-0.39, 0.29) is 24.4 Å². The van der Waals surface area contributed by atoms with Crippen molar-refractivity contribution in [2.24, 2.45) is 0 Å². The van der Waals surface area contributed by atoms with Crippen molar-refractivity contribution in [3.8, 4) is 11.5 Å². The number of aliphatic hydroxyl groups is 1. The quantitative estimate of drug-likeness (QED) is 0.412. The van der Waals surface area contributed by atoms with Crippen molar-refractivity contribution in [1.82, 2.24) is 0 Å². The molecule has 0 radical (unpaired) electrons. The molecule has 3 aromatic carbocycles. The minimum atomic E-state index is -5.17. The van der Waals surface area contributed by atoms with Crippen LogP contribution in [-0.4, -0.2) is 36.9 Å². The maximum absolute atomic E-state index is 14.8. The highest BCUT2D eigenvalue weighted by molar-refractivity contribution is 5.99. The molecular weight excluding hydrogens is 502 g/mol. The number of carbonyl (C=O) groups is 1. The molecule has 0 aromatic heterocycles. The molecule has 38 heavy (non-hydrogen) atoms. The lowest BCUT2D eigenvalue weighted by Crippen LogP contribution is -2.53. The van der Waals surface area contributed by atoms with Crippen LogP contribution in [0.3, 0.4) is 0 Å². The molecule has 2 aliphatic rings. The molecular formula is C29H27F4NO4. The van der Waals surface area contributed by atoms with Gasteiger partial charge in [-0.1, -0.05) is 30.3 Å². The predicted octanol–water partition coefficient (Wildman–Crippen LogP) is 6.00. The Morgan fingerprint density at radius 2 is 1.74 bits per heavy atom. The largest absolute Gasteiger partial charge is 0.497 e. The number of amides is 1. The summed E-state index contributed by atoms with van der Waals surface area (Å²) in [6.45, 7) is 1.87. The van der Waals surface area contributed by atoms with Gasteiger partial charge in [0.2, 0.25) is 11.5 Å². The molecule has 0 fully saturated rings. The van der Waals surface area contributed by atoms with Crippen LogP contribution >= 0.6 is 0 Å². The number of hydrogen-bond donors (Lipinski definition) is 1. The lowest BCUT2D eigenvalue weighted by Gasteiger charge is -2.44. The lowest BCUT2D eigenvalue weighted by atomic mass is 9.70. The summed E-state index contributed by atoms with van der Waals surface area (Å²) in [7, 11) is 1.55. The fraction of sp³-hybridized carbons (Fsp3) is 0.345. The summed E-state index contributed by atoms with van der Waals surface area (Å²) in [6, 6.07) is 18.5. The van der Waals surface area contributed by atoms with E-state index in [1.54, 1.807) is 38.3 Å². The van der Waals surface area contributed by atoms with Crippen molar-refractivity contribution >= 4 is 11.6 Å². The summed E-state index contributed by atoms with van der Waals surface area (Å²) in [6.07, 6.45) is -7.63.